The molecular formula is C42H73NO6. The molecule has 6 aliphatic rings. The van der Waals surface area contributed by atoms with Crippen LogP contribution in [-0.2, 0) is 23.9 Å². The maximum Gasteiger partial charge on any atom is 0.309 e. The van der Waals surface area contributed by atoms with Gasteiger partial charge in [-0.25, -0.2) is 0 Å². The molecule has 49 heavy (non-hydrogen) atoms. The van der Waals surface area contributed by atoms with E-state index >= 15 is 0 Å². The van der Waals surface area contributed by atoms with Gasteiger partial charge in [0.15, 0.2) is 0 Å². The second-order valence-corrected chi connectivity index (χ2v) is 17.7. The zero-order valence-corrected chi connectivity index (χ0v) is 33.1. The average molecular weight is 688 g/mol. The van der Waals surface area contributed by atoms with Gasteiger partial charge in [0.2, 0.25) is 6.41 Å². The van der Waals surface area contributed by atoms with Gasteiger partial charge in [0.25, 0.3) is 0 Å². The summed E-state index contributed by atoms with van der Waals surface area (Å²) in [5.41, 5.74) is 0.163. The van der Waals surface area contributed by atoms with Gasteiger partial charge in [-0.1, -0.05) is 54.0 Å². The molecule has 7 heteroatoms. The van der Waals surface area contributed by atoms with E-state index in [0.29, 0.717) is 47.3 Å². The summed E-state index contributed by atoms with van der Waals surface area (Å²) >= 11 is 0. The first-order chi connectivity index (χ1) is 23.0. The Morgan fingerprint density at radius 2 is 1.45 bits per heavy atom. The molecule has 6 saturated carbocycles. The van der Waals surface area contributed by atoms with Gasteiger partial charge < -0.3 is 19.9 Å². The molecule has 6 rings (SSSR count). The van der Waals surface area contributed by atoms with E-state index in [-0.39, 0.29) is 41.0 Å². The fourth-order valence-electron chi connectivity index (χ4n) is 12.0. The van der Waals surface area contributed by atoms with Gasteiger partial charge in [-0.15, -0.1) is 6.58 Å². The third-order valence-corrected chi connectivity index (χ3v) is 14.7. The van der Waals surface area contributed by atoms with Gasteiger partial charge in [-0.2, -0.15) is 0 Å². The lowest BCUT2D eigenvalue weighted by Gasteiger charge is -2.67. The van der Waals surface area contributed by atoms with Gasteiger partial charge in [0.1, 0.15) is 6.10 Å². The Labute approximate surface area is 299 Å². The number of rotatable bonds is 5. The van der Waals surface area contributed by atoms with E-state index in [1.54, 1.807) is 13.2 Å². The van der Waals surface area contributed by atoms with Crippen LogP contribution in [0.15, 0.2) is 12.7 Å². The lowest BCUT2D eigenvalue weighted by atomic mass is 9.37. The number of nitrogens with one attached hydrogen (secondary N) is 1. The summed E-state index contributed by atoms with van der Waals surface area (Å²) in [6.07, 6.45) is 15.2. The first kappa shape index (κ1) is 41.5. The molecule has 0 aromatic heterocycles. The molecule has 0 spiro atoms. The number of hydrogen-bond donors (Lipinski definition) is 2. The maximum atomic E-state index is 13.1. The number of hydrogen-bond acceptors (Lipinski definition) is 5. The molecule has 0 radical (unpaired) electrons. The Balaban J connectivity index is 0.000000521. The van der Waals surface area contributed by atoms with Crippen molar-refractivity contribution < 1.29 is 29.0 Å². The number of amides is 1. The van der Waals surface area contributed by atoms with Crippen LogP contribution >= 0.6 is 0 Å². The summed E-state index contributed by atoms with van der Waals surface area (Å²) in [5.74, 6) is 2.68. The Bertz CT molecular complexity index is 1130. The van der Waals surface area contributed by atoms with Crippen molar-refractivity contribution in [2.45, 2.75) is 164 Å². The van der Waals surface area contributed by atoms with Crippen LogP contribution < -0.4 is 5.32 Å². The van der Waals surface area contributed by atoms with Crippen molar-refractivity contribution in [3.8, 4) is 0 Å². The molecule has 1 amide bonds. The van der Waals surface area contributed by atoms with Crippen molar-refractivity contribution in [2.75, 3.05) is 7.11 Å². The number of carbonyl (C=O) groups is 3. The molecule has 13 atom stereocenters. The molecule has 0 aromatic carbocycles. The van der Waals surface area contributed by atoms with E-state index < -0.39 is 11.4 Å². The van der Waals surface area contributed by atoms with Gasteiger partial charge >= 0.3 is 11.9 Å². The largest absolute Gasteiger partial charge is 0.481 e. The molecule has 6 fully saturated rings. The summed E-state index contributed by atoms with van der Waals surface area (Å²) in [4.78, 5) is 36.3. The summed E-state index contributed by atoms with van der Waals surface area (Å²) in [5, 5.41) is 13.1. The second-order valence-electron chi connectivity index (χ2n) is 17.7. The van der Waals surface area contributed by atoms with Gasteiger partial charge in [-0.3, -0.25) is 14.4 Å². The number of ether oxygens (including phenoxy) is 2. The Hall–Kier alpha value is -1.89. The highest BCUT2D eigenvalue weighted by Gasteiger charge is 2.66. The molecule has 282 valence electrons. The Morgan fingerprint density at radius 3 is 2.00 bits per heavy atom. The topological polar surface area (TPSA) is 102 Å². The minimum atomic E-state index is -0.519. The van der Waals surface area contributed by atoms with Crippen LogP contribution in [0.1, 0.15) is 146 Å². The van der Waals surface area contributed by atoms with Crippen LogP contribution in [0.4, 0.5) is 0 Å². The molecule has 0 aliphatic heterocycles. The summed E-state index contributed by atoms with van der Waals surface area (Å²) in [6, 6.07) is 0.0907. The van der Waals surface area contributed by atoms with E-state index in [9.17, 15) is 19.5 Å². The number of carbonyl (C=O) groups excluding carboxylic acids is 2. The number of allylic oxidation sites excluding steroid dienone is 1. The smallest absolute Gasteiger partial charge is 0.309 e. The fourth-order valence-corrected chi connectivity index (χ4v) is 12.0. The maximum absolute atomic E-state index is 13.1. The SMILES string of the molecule is C=CC.CC.CC1C(NC=O)CC1C(=O)OC1CCC2(C)C(CCC3(C)C4CCC5(C(=O)O)CCCC5C4CCC23)C1C.COC(C)(C)C. The zero-order valence-electron chi connectivity index (χ0n) is 33.1. The van der Waals surface area contributed by atoms with E-state index in [4.69, 9.17) is 9.47 Å². The minimum absolute atomic E-state index is 0.00379. The van der Waals surface area contributed by atoms with Crippen LogP contribution in [0.5, 0.6) is 0 Å². The van der Waals surface area contributed by atoms with Crippen LogP contribution in [0.25, 0.3) is 0 Å². The number of fused-ring (bicyclic) bond motifs is 7. The third-order valence-electron chi connectivity index (χ3n) is 14.7. The summed E-state index contributed by atoms with van der Waals surface area (Å²) in [6.45, 7) is 24.8. The van der Waals surface area contributed by atoms with Crippen molar-refractivity contribution >= 4 is 18.3 Å². The van der Waals surface area contributed by atoms with Gasteiger partial charge in [-0.05, 0) is 151 Å². The molecule has 13 unspecified atom stereocenters. The number of aliphatic carboxylic acids is 1. The second kappa shape index (κ2) is 16.6. The lowest BCUT2D eigenvalue weighted by Crippen LogP contribution is -2.62. The third kappa shape index (κ3) is 7.97. The molecular weight excluding hydrogens is 614 g/mol. The van der Waals surface area contributed by atoms with E-state index in [1.165, 1.54) is 25.7 Å². The molecule has 6 aliphatic carbocycles. The standard InChI is InChI=1S/C32H49NO5.C5H12O.C3H6.C2H6/c1-18-21(16-25(18)33-17-34)28(35)38-26-11-14-30(3)22(19(26)2)9-13-31(4)23-10-15-32(29(36)37)12-5-6-24(32)20(23)7-8-27(30)31;1-5(2,3)6-4;1-3-2;1-2/h17-27H,5-16H2,1-4H3,(H,33,34)(H,36,37);1-4H3;3H,1H2,2H3;1-2H3. The van der Waals surface area contributed by atoms with Gasteiger partial charge in [0, 0.05) is 13.2 Å². The summed E-state index contributed by atoms with van der Waals surface area (Å²) < 4.78 is 11.2. The van der Waals surface area contributed by atoms with E-state index in [1.807, 2.05) is 48.5 Å². The summed E-state index contributed by atoms with van der Waals surface area (Å²) in [7, 11) is 1.71. The number of carboxylic acids is 1. The predicted molar refractivity (Wildman–Crippen MR) is 198 cm³/mol. The molecule has 0 saturated heterocycles. The average Bonchev–Trinajstić information content (AvgIpc) is 3.51. The van der Waals surface area contributed by atoms with Crippen LogP contribution in [0.3, 0.4) is 0 Å². The highest BCUT2D eigenvalue weighted by Crippen LogP contribution is 2.71. The van der Waals surface area contributed by atoms with Crippen molar-refractivity contribution in [3.63, 3.8) is 0 Å². The highest BCUT2D eigenvalue weighted by atomic mass is 16.5. The highest BCUT2D eigenvalue weighted by molar-refractivity contribution is 5.76. The first-order valence-electron chi connectivity index (χ1n) is 19.8. The van der Waals surface area contributed by atoms with Crippen LogP contribution in [-0.4, -0.2) is 48.3 Å². The molecule has 7 nitrogen and oxygen atoms in total. The van der Waals surface area contributed by atoms with Gasteiger partial charge in [0.05, 0.1) is 16.9 Å². The zero-order chi connectivity index (χ0) is 36.9. The molecule has 0 aromatic rings. The Kier molecular flexibility index (Phi) is 14.1. The first-order valence-corrected chi connectivity index (χ1v) is 19.8. The van der Waals surface area contributed by atoms with Crippen LogP contribution in [0.2, 0.25) is 0 Å². The van der Waals surface area contributed by atoms with Crippen LogP contribution in [0, 0.1) is 63.6 Å². The number of methoxy groups -OCH3 is 1. The van der Waals surface area contributed by atoms with E-state index in [0.717, 1.165) is 51.4 Å². The monoisotopic (exact) mass is 688 g/mol. The molecule has 2 N–H and O–H groups in total. The minimum Gasteiger partial charge on any atom is -0.481 e. The lowest BCUT2D eigenvalue weighted by molar-refractivity contribution is -0.207. The quantitative estimate of drug-likeness (QED) is 0.170. The molecule has 0 heterocycles. The van der Waals surface area contributed by atoms with Crippen molar-refractivity contribution in [1.29, 1.82) is 0 Å². The number of carboxylic acid groups (broad SMARTS) is 1. The van der Waals surface area contributed by atoms with E-state index in [2.05, 4.69) is 32.7 Å². The van der Waals surface area contributed by atoms with Crippen molar-refractivity contribution in [3.05, 3.63) is 12.7 Å². The predicted octanol–water partition coefficient (Wildman–Crippen LogP) is 9.48. The van der Waals surface area contributed by atoms with Crippen molar-refractivity contribution in [2.24, 2.45) is 63.6 Å². The molecule has 0 bridgehead atoms. The normalized spacial score (nSPS) is 43.2. The Morgan fingerprint density at radius 1 is 0.878 bits per heavy atom. The number of esters is 1. The fraction of sp³-hybridized carbons (Fsp3) is 0.881. The van der Waals surface area contributed by atoms with Crippen molar-refractivity contribution in [1.82, 2.24) is 5.32 Å².